The number of amides is 1. The van der Waals surface area contributed by atoms with Crippen LogP contribution in [0.5, 0.6) is 0 Å². The normalized spacial score (nSPS) is 28.0. The summed E-state index contributed by atoms with van der Waals surface area (Å²) in [7, 11) is 0. The van der Waals surface area contributed by atoms with Crippen molar-refractivity contribution in [3.05, 3.63) is 0 Å². The lowest BCUT2D eigenvalue weighted by Crippen LogP contribution is -2.54. The number of β-amino-alcohol motifs (C(OH)–C–C–N with tert-alkyl or cyclic N) is 1. The Hall–Kier alpha value is -0.820. The second-order valence-corrected chi connectivity index (χ2v) is 7.45. The van der Waals surface area contributed by atoms with Gasteiger partial charge in [0, 0.05) is 38.6 Å². The van der Waals surface area contributed by atoms with Gasteiger partial charge in [-0.1, -0.05) is 12.8 Å². The van der Waals surface area contributed by atoms with Crippen LogP contribution in [0.2, 0.25) is 0 Å². The molecular formula is C16H27F3N2O2. The van der Waals surface area contributed by atoms with E-state index in [1.165, 1.54) is 0 Å². The van der Waals surface area contributed by atoms with Crippen molar-refractivity contribution in [3.8, 4) is 0 Å². The fraction of sp³-hybridized carbons (Fsp3) is 0.938. The van der Waals surface area contributed by atoms with Crippen LogP contribution in [0.4, 0.5) is 13.2 Å². The van der Waals surface area contributed by atoms with E-state index in [2.05, 4.69) is 0 Å². The standard InChI is InChI=1S/C16H27F3N2O2/c1-15(2,23)11-20-7-9-21(10-8-20)14(22)12-5-3-4-6-13(12)16(17,18)19/h12-13,23H,3-11H2,1-2H3/t12-,13-/m1/s1. The van der Waals surface area contributed by atoms with Gasteiger partial charge in [0.25, 0.3) is 0 Å². The van der Waals surface area contributed by atoms with Crippen molar-refractivity contribution in [2.24, 2.45) is 11.8 Å². The maximum atomic E-state index is 13.2. The zero-order chi connectivity index (χ0) is 17.3. The summed E-state index contributed by atoms with van der Waals surface area (Å²) in [6.07, 6.45) is -2.63. The van der Waals surface area contributed by atoms with Gasteiger partial charge >= 0.3 is 6.18 Å². The number of aliphatic hydroxyl groups is 1. The van der Waals surface area contributed by atoms with Crippen molar-refractivity contribution in [2.75, 3.05) is 32.7 Å². The van der Waals surface area contributed by atoms with E-state index in [4.69, 9.17) is 0 Å². The molecule has 134 valence electrons. The first kappa shape index (κ1) is 18.5. The summed E-state index contributed by atoms with van der Waals surface area (Å²) < 4.78 is 39.5. The molecule has 23 heavy (non-hydrogen) atoms. The van der Waals surface area contributed by atoms with Crippen molar-refractivity contribution in [2.45, 2.75) is 51.3 Å². The van der Waals surface area contributed by atoms with Crippen molar-refractivity contribution < 1.29 is 23.1 Å². The van der Waals surface area contributed by atoms with Crippen molar-refractivity contribution in [1.29, 1.82) is 0 Å². The van der Waals surface area contributed by atoms with Crippen LogP contribution < -0.4 is 0 Å². The molecular weight excluding hydrogens is 309 g/mol. The summed E-state index contributed by atoms with van der Waals surface area (Å²) in [6, 6.07) is 0. The van der Waals surface area contributed by atoms with Crippen LogP contribution in [-0.2, 0) is 4.79 Å². The summed E-state index contributed by atoms with van der Waals surface area (Å²) >= 11 is 0. The van der Waals surface area contributed by atoms with E-state index >= 15 is 0 Å². The van der Waals surface area contributed by atoms with Crippen molar-refractivity contribution >= 4 is 5.91 Å². The molecule has 1 saturated heterocycles. The van der Waals surface area contributed by atoms with E-state index in [-0.39, 0.29) is 12.3 Å². The fourth-order valence-electron chi connectivity index (χ4n) is 3.73. The number of alkyl halides is 3. The Balaban J connectivity index is 1.93. The molecule has 1 saturated carbocycles. The molecule has 0 spiro atoms. The van der Waals surface area contributed by atoms with E-state index in [0.717, 1.165) is 0 Å². The van der Waals surface area contributed by atoms with Gasteiger partial charge in [0.1, 0.15) is 0 Å². The minimum absolute atomic E-state index is 0.0680. The van der Waals surface area contributed by atoms with E-state index < -0.39 is 23.6 Å². The lowest BCUT2D eigenvalue weighted by atomic mass is 9.78. The predicted octanol–water partition coefficient (Wildman–Crippen LogP) is 2.27. The molecule has 0 unspecified atom stereocenters. The highest BCUT2D eigenvalue weighted by atomic mass is 19.4. The lowest BCUT2D eigenvalue weighted by molar-refractivity contribution is -0.201. The van der Waals surface area contributed by atoms with Crippen LogP contribution >= 0.6 is 0 Å². The van der Waals surface area contributed by atoms with E-state index in [0.29, 0.717) is 52.0 Å². The molecule has 1 heterocycles. The third kappa shape index (κ3) is 5.08. The summed E-state index contributed by atoms with van der Waals surface area (Å²) in [4.78, 5) is 16.2. The molecule has 0 aromatic heterocycles. The van der Waals surface area contributed by atoms with Crippen LogP contribution in [0.15, 0.2) is 0 Å². The molecule has 1 amide bonds. The molecule has 7 heteroatoms. The Morgan fingerprint density at radius 3 is 2.17 bits per heavy atom. The van der Waals surface area contributed by atoms with Gasteiger partial charge in [0.15, 0.2) is 0 Å². The molecule has 1 N–H and O–H groups in total. The number of piperazine rings is 1. The number of carbonyl (C=O) groups excluding carboxylic acids is 1. The monoisotopic (exact) mass is 336 g/mol. The number of hydrogen-bond acceptors (Lipinski definition) is 3. The third-order valence-corrected chi connectivity index (χ3v) is 4.80. The molecule has 2 rings (SSSR count). The van der Waals surface area contributed by atoms with Gasteiger partial charge < -0.3 is 10.0 Å². The van der Waals surface area contributed by atoms with E-state index in [1.807, 2.05) is 4.90 Å². The Morgan fingerprint density at radius 2 is 1.65 bits per heavy atom. The zero-order valence-electron chi connectivity index (χ0n) is 13.9. The molecule has 1 aliphatic carbocycles. The second kappa shape index (κ2) is 6.97. The number of hydrogen-bond donors (Lipinski definition) is 1. The predicted molar refractivity (Wildman–Crippen MR) is 80.8 cm³/mol. The highest BCUT2D eigenvalue weighted by Crippen LogP contribution is 2.42. The molecule has 4 nitrogen and oxygen atoms in total. The average molecular weight is 336 g/mol. The van der Waals surface area contributed by atoms with Gasteiger partial charge in [0.2, 0.25) is 5.91 Å². The third-order valence-electron chi connectivity index (χ3n) is 4.80. The van der Waals surface area contributed by atoms with Gasteiger partial charge in [0.05, 0.1) is 11.5 Å². The molecule has 1 aliphatic heterocycles. The summed E-state index contributed by atoms with van der Waals surface area (Å²) in [5.41, 5.74) is -0.809. The minimum Gasteiger partial charge on any atom is -0.389 e. The van der Waals surface area contributed by atoms with Crippen LogP contribution in [0.25, 0.3) is 0 Å². The maximum Gasteiger partial charge on any atom is 0.392 e. The fourth-order valence-corrected chi connectivity index (χ4v) is 3.73. The maximum absolute atomic E-state index is 13.2. The molecule has 2 fully saturated rings. The highest BCUT2D eigenvalue weighted by molar-refractivity contribution is 5.79. The summed E-state index contributed by atoms with van der Waals surface area (Å²) in [6.45, 7) is 6.02. The Morgan fingerprint density at radius 1 is 1.09 bits per heavy atom. The molecule has 2 atom stereocenters. The van der Waals surface area contributed by atoms with Gasteiger partial charge in [-0.05, 0) is 26.7 Å². The molecule has 0 radical (unpaired) electrons. The Labute approximate surface area is 135 Å². The SMILES string of the molecule is CC(C)(O)CN1CCN(C(=O)[C@@H]2CCCC[C@H]2C(F)(F)F)CC1. The zero-order valence-corrected chi connectivity index (χ0v) is 13.9. The van der Waals surface area contributed by atoms with Crippen molar-refractivity contribution in [1.82, 2.24) is 9.80 Å². The Bertz CT molecular complexity index is 413. The first-order chi connectivity index (χ1) is 10.6. The topological polar surface area (TPSA) is 43.8 Å². The second-order valence-electron chi connectivity index (χ2n) is 7.45. The molecule has 2 aliphatic rings. The lowest BCUT2D eigenvalue weighted by Gasteiger charge is -2.40. The van der Waals surface area contributed by atoms with E-state index in [9.17, 15) is 23.1 Å². The molecule has 0 bridgehead atoms. The number of rotatable bonds is 3. The number of halogens is 3. The van der Waals surface area contributed by atoms with Gasteiger partial charge in [-0.2, -0.15) is 13.2 Å². The van der Waals surface area contributed by atoms with Crippen molar-refractivity contribution in [3.63, 3.8) is 0 Å². The molecule has 0 aromatic carbocycles. The Kier molecular flexibility index (Phi) is 5.61. The summed E-state index contributed by atoms with van der Waals surface area (Å²) in [5.74, 6) is -2.74. The van der Waals surface area contributed by atoms with E-state index in [1.54, 1.807) is 18.7 Å². The van der Waals surface area contributed by atoms with Crippen LogP contribution in [0.1, 0.15) is 39.5 Å². The molecule has 0 aromatic rings. The number of carbonyl (C=O) groups is 1. The summed E-state index contributed by atoms with van der Waals surface area (Å²) in [5, 5.41) is 9.83. The largest absolute Gasteiger partial charge is 0.392 e. The van der Waals surface area contributed by atoms with Crippen LogP contribution in [0.3, 0.4) is 0 Å². The van der Waals surface area contributed by atoms with Gasteiger partial charge in [-0.3, -0.25) is 9.69 Å². The number of nitrogens with zero attached hydrogens (tertiary/aromatic N) is 2. The highest BCUT2D eigenvalue weighted by Gasteiger charge is 2.49. The minimum atomic E-state index is -4.29. The first-order valence-electron chi connectivity index (χ1n) is 8.38. The smallest absolute Gasteiger partial charge is 0.389 e. The average Bonchev–Trinajstić information content (AvgIpc) is 2.45. The van der Waals surface area contributed by atoms with Gasteiger partial charge in [-0.15, -0.1) is 0 Å². The van der Waals surface area contributed by atoms with Crippen LogP contribution in [0, 0.1) is 11.8 Å². The first-order valence-corrected chi connectivity index (χ1v) is 8.38. The van der Waals surface area contributed by atoms with Crippen LogP contribution in [-0.4, -0.2) is 65.3 Å². The quantitative estimate of drug-likeness (QED) is 0.860. The van der Waals surface area contributed by atoms with Gasteiger partial charge in [-0.25, -0.2) is 0 Å².